The van der Waals surface area contributed by atoms with E-state index in [-0.39, 0.29) is 6.10 Å². The number of piperidine rings is 1. The number of likely N-dealkylation sites (N-methyl/N-ethyl adjacent to an activating group) is 1. The van der Waals surface area contributed by atoms with Gasteiger partial charge in [0.05, 0.1) is 6.10 Å². The van der Waals surface area contributed by atoms with Gasteiger partial charge in [0.1, 0.15) is 0 Å². The second-order valence-electron chi connectivity index (χ2n) is 6.10. The van der Waals surface area contributed by atoms with E-state index >= 15 is 0 Å². The first-order valence-electron chi connectivity index (χ1n) is 8.01. The average Bonchev–Trinajstić information content (AvgIpc) is 2.45. The summed E-state index contributed by atoms with van der Waals surface area (Å²) in [7, 11) is 2.19. The van der Waals surface area contributed by atoms with Crippen molar-refractivity contribution in [1.82, 2.24) is 25.6 Å². The molecular weight excluding hydrogens is 254 g/mol. The largest absolute Gasteiger partial charge is 0.392 e. The maximum Gasteiger partial charge on any atom is 0.0667 e. The lowest BCUT2D eigenvalue weighted by Crippen LogP contribution is -2.48. The van der Waals surface area contributed by atoms with Crippen molar-refractivity contribution in [1.29, 1.82) is 0 Å². The Balaban J connectivity index is 1.42. The Labute approximate surface area is 123 Å². The van der Waals surface area contributed by atoms with E-state index in [1.54, 1.807) is 0 Å². The Morgan fingerprint density at radius 1 is 0.950 bits per heavy atom. The minimum absolute atomic E-state index is 0.117. The maximum atomic E-state index is 9.60. The van der Waals surface area contributed by atoms with Crippen LogP contribution in [0.1, 0.15) is 12.8 Å². The molecule has 1 unspecified atom stereocenters. The van der Waals surface area contributed by atoms with E-state index in [0.717, 1.165) is 52.1 Å². The molecule has 6 heteroatoms. The molecule has 2 rings (SSSR count). The standard InChI is InChI=1S/C14H31N5O/c1-17-9-11-18(12-10-17)7-4-15-16-5-8-19-6-2-3-14(20)13-19/h14-16,20H,2-13H2,1H3. The fourth-order valence-electron chi connectivity index (χ4n) is 2.91. The molecule has 0 spiro atoms. The minimum Gasteiger partial charge on any atom is -0.392 e. The Kier molecular flexibility index (Phi) is 7.19. The Bertz CT molecular complexity index is 258. The van der Waals surface area contributed by atoms with Gasteiger partial charge in [-0.25, -0.2) is 0 Å². The van der Waals surface area contributed by atoms with Crippen molar-refractivity contribution in [3.8, 4) is 0 Å². The van der Waals surface area contributed by atoms with E-state index in [2.05, 4.69) is 32.6 Å². The first kappa shape index (κ1) is 16.1. The van der Waals surface area contributed by atoms with E-state index in [0.29, 0.717) is 0 Å². The zero-order valence-corrected chi connectivity index (χ0v) is 12.9. The summed E-state index contributed by atoms with van der Waals surface area (Å²) in [4.78, 5) is 7.23. The third-order valence-electron chi connectivity index (χ3n) is 4.31. The molecule has 2 fully saturated rings. The van der Waals surface area contributed by atoms with Gasteiger partial charge in [-0.3, -0.25) is 20.7 Å². The number of aliphatic hydroxyl groups is 1. The highest BCUT2D eigenvalue weighted by atomic mass is 16.3. The van der Waals surface area contributed by atoms with Crippen LogP contribution in [0, 0.1) is 0 Å². The van der Waals surface area contributed by atoms with Gasteiger partial charge in [0.15, 0.2) is 0 Å². The van der Waals surface area contributed by atoms with Crippen LogP contribution in [0.15, 0.2) is 0 Å². The summed E-state index contributed by atoms with van der Waals surface area (Å²) < 4.78 is 0. The molecule has 0 saturated carbocycles. The summed E-state index contributed by atoms with van der Waals surface area (Å²) in [5, 5.41) is 9.60. The number of likely N-dealkylation sites (tertiary alicyclic amines) is 1. The molecule has 2 aliphatic rings. The van der Waals surface area contributed by atoms with Crippen molar-refractivity contribution in [2.45, 2.75) is 18.9 Å². The van der Waals surface area contributed by atoms with Crippen LogP contribution in [-0.4, -0.2) is 98.4 Å². The number of β-amino-alcohol motifs (C(OH)–C–C–N with tert-alkyl or cyclic N) is 1. The van der Waals surface area contributed by atoms with Crippen molar-refractivity contribution < 1.29 is 5.11 Å². The van der Waals surface area contributed by atoms with E-state index in [9.17, 15) is 5.11 Å². The molecule has 0 radical (unpaired) electrons. The maximum absolute atomic E-state index is 9.60. The molecule has 0 aromatic rings. The zero-order valence-electron chi connectivity index (χ0n) is 12.9. The van der Waals surface area contributed by atoms with Crippen LogP contribution in [-0.2, 0) is 0 Å². The van der Waals surface area contributed by atoms with E-state index in [4.69, 9.17) is 0 Å². The molecule has 6 nitrogen and oxygen atoms in total. The lowest BCUT2D eigenvalue weighted by atomic mass is 10.1. The lowest BCUT2D eigenvalue weighted by molar-refractivity contribution is 0.0707. The number of nitrogens with zero attached hydrogens (tertiary/aromatic N) is 3. The minimum atomic E-state index is -0.117. The molecule has 118 valence electrons. The van der Waals surface area contributed by atoms with Crippen molar-refractivity contribution in [2.75, 3.05) is 72.5 Å². The first-order valence-corrected chi connectivity index (χ1v) is 8.01. The Morgan fingerprint density at radius 3 is 2.25 bits per heavy atom. The summed E-state index contributed by atoms with van der Waals surface area (Å²) in [6.07, 6.45) is 1.97. The van der Waals surface area contributed by atoms with Crippen molar-refractivity contribution in [3.63, 3.8) is 0 Å². The number of piperazine rings is 1. The molecule has 3 N–H and O–H groups in total. The molecule has 20 heavy (non-hydrogen) atoms. The number of nitrogens with one attached hydrogen (secondary N) is 2. The zero-order chi connectivity index (χ0) is 14.2. The number of hydrogen-bond donors (Lipinski definition) is 3. The topological polar surface area (TPSA) is 54.0 Å². The lowest BCUT2D eigenvalue weighted by Gasteiger charge is -2.32. The fraction of sp³-hybridized carbons (Fsp3) is 1.00. The van der Waals surface area contributed by atoms with Gasteiger partial charge in [-0.2, -0.15) is 0 Å². The molecule has 2 aliphatic heterocycles. The van der Waals surface area contributed by atoms with E-state index < -0.39 is 0 Å². The molecule has 0 bridgehead atoms. The van der Waals surface area contributed by atoms with Crippen molar-refractivity contribution in [3.05, 3.63) is 0 Å². The van der Waals surface area contributed by atoms with Gasteiger partial charge in [0.25, 0.3) is 0 Å². The summed E-state index contributed by atoms with van der Waals surface area (Å²) in [5.74, 6) is 0. The highest BCUT2D eigenvalue weighted by Gasteiger charge is 2.16. The van der Waals surface area contributed by atoms with Gasteiger partial charge in [0, 0.05) is 58.9 Å². The van der Waals surface area contributed by atoms with E-state index in [1.165, 1.54) is 26.2 Å². The molecule has 1 atom stereocenters. The predicted molar refractivity (Wildman–Crippen MR) is 81.6 cm³/mol. The highest BCUT2D eigenvalue weighted by Crippen LogP contribution is 2.08. The van der Waals surface area contributed by atoms with Gasteiger partial charge in [-0.1, -0.05) is 0 Å². The van der Waals surface area contributed by atoms with Crippen molar-refractivity contribution >= 4 is 0 Å². The summed E-state index contributed by atoms with van der Waals surface area (Å²) in [5.41, 5.74) is 6.59. The van der Waals surface area contributed by atoms with Gasteiger partial charge in [-0.05, 0) is 26.4 Å². The van der Waals surface area contributed by atoms with Crippen LogP contribution in [0.4, 0.5) is 0 Å². The van der Waals surface area contributed by atoms with Gasteiger partial charge in [-0.15, -0.1) is 0 Å². The van der Waals surface area contributed by atoms with Crippen LogP contribution in [0.5, 0.6) is 0 Å². The molecule has 0 aliphatic carbocycles. The second kappa shape index (κ2) is 8.92. The van der Waals surface area contributed by atoms with Gasteiger partial charge in [0.2, 0.25) is 0 Å². The third-order valence-corrected chi connectivity index (χ3v) is 4.31. The highest BCUT2D eigenvalue weighted by molar-refractivity contribution is 4.72. The number of hydrazine groups is 1. The summed E-state index contributed by atoms with van der Waals surface area (Å²) in [6.45, 7) is 10.8. The quantitative estimate of drug-likeness (QED) is 0.403. The van der Waals surface area contributed by atoms with Gasteiger partial charge < -0.3 is 10.0 Å². The summed E-state index contributed by atoms with van der Waals surface area (Å²) >= 11 is 0. The summed E-state index contributed by atoms with van der Waals surface area (Å²) in [6, 6.07) is 0. The molecule has 0 amide bonds. The second-order valence-corrected chi connectivity index (χ2v) is 6.10. The number of aliphatic hydroxyl groups excluding tert-OH is 1. The fourth-order valence-corrected chi connectivity index (χ4v) is 2.91. The van der Waals surface area contributed by atoms with E-state index in [1.807, 2.05) is 0 Å². The third kappa shape index (κ3) is 6.03. The van der Waals surface area contributed by atoms with Gasteiger partial charge >= 0.3 is 0 Å². The molecule has 2 saturated heterocycles. The van der Waals surface area contributed by atoms with Crippen LogP contribution in [0.25, 0.3) is 0 Å². The monoisotopic (exact) mass is 285 g/mol. The molecule has 0 aromatic carbocycles. The first-order chi connectivity index (χ1) is 9.74. The molecule has 0 aromatic heterocycles. The number of rotatable bonds is 7. The Hall–Kier alpha value is -0.240. The van der Waals surface area contributed by atoms with Crippen LogP contribution in [0.2, 0.25) is 0 Å². The SMILES string of the molecule is CN1CCN(CCNNCCN2CCCC(O)C2)CC1. The number of hydrogen-bond acceptors (Lipinski definition) is 6. The molecular formula is C14H31N5O. The Morgan fingerprint density at radius 2 is 1.60 bits per heavy atom. The van der Waals surface area contributed by atoms with Crippen LogP contribution >= 0.6 is 0 Å². The molecule has 2 heterocycles. The van der Waals surface area contributed by atoms with Crippen LogP contribution < -0.4 is 10.9 Å². The smallest absolute Gasteiger partial charge is 0.0667 e. The predicted octanol–water partition coefficient (Wildman–Crippen LogP) is -1.22. The van der Waals surface area contributed by atoms with Crippen molar-refractivity contribution in [2.24, 2.45) is 0 Å². The average molecular weight is 285 g/mol. The normalized spacial score (nSPS) is 27.0. The van der Waals surface area contributed by atoms with Crippen LogP contribution in [0.3, 0.4) is 0 Å².